The molecule has 1 heterocycles. The van der Waals surface area contributed by atoms with Crippen LogP contribution in [-0.4, -0.2) is 25.5 Å². The molecule has 3 rings (SSSR count). The summed E-state index contributed by atoms with van der Waals surface area (Å²) in [6.45, 7) is 2.53. The first-order valence-corrected chi connectivity index (χ1v) is 7.82. The van der Waals surface area contributed by atoms with E-state index in [1.54, 1.807) is 0 Å². The number of rotatable bonds is 4. The van der Waals surface area contributed by atoms with Crippen LogP contribution in [0.15, 0.2) is 24.3 Å². The number of carbonyl (C=O) groups excluding carboxylic acids is 1. The van der Waals surface area contributed by atoms with Crippen LogP contribution in [0.4, 0.5) is 0 Å². The summed E-state index contributed by atoms with van der Waals surface area (Å²) in [5.74, 6) is 0.354. The Morgan fingerprint density at radius 3 is 2.57 bits per heavy atom. The smallest absolute Gasteiger partial charge is 0.224 e. The third-order valence-corrected chi connectivity index (χ3v) is 5.05. The molecular formula is C16H22Cl2N2O. The number of hydrogen-bond donors (Lipinski definition) is 2. The minimum Gasteiger partial charge on any atom is -0.355 e. The lowest BCUT2D eigenvalue weighted by Gasteiger charge is -2.42. The highest BCUT2D eigenvalue weighted by Crippen LogP contribution is 2.43. The molecule has 0 radical (unpaired) electrons. The molecule has 1 saturated carbocycles. The van der Waals surface area contributed by atoms with Gasteiger partial charge in [-0.05, 0) is 43.5 Å². The zero-order valence-electron chi connectivity index (χ0n) is 12.0. The third-order valence-electron chi connectivity index (χ3n) is 4.80. The quantitative estimate of drug-likeness (QED) is 0.892. The fraction of sp³-hybridized carbons (Fsp3) is 0.562. The largest absolute Gasteiger partial charge is 0.355 e. The lowest BCUT2D eigenvalue weighted by Crippen LogP contribution is -2.47. The predicted octanol–water partition coefficient (Wildman–Crippen LogP) is 2.91. The summed E-state index contributed by atoms with van der Waals surface area (Å²) in [7, 11) is 0. The van der Waals surface area contributed by atoms with Gasteiger partial charge in [-0.25, -0.2) is 0 Å². The number of benzene rings is 1. The average Bonchev–Trinajstić information content (AvgIpc) is 2.93. The van der Waals surface area contributed by atoms with E-state index in [4.69, 9.17) is 11.6 Å². The summed E-state index contributed by atoms with van der Waals surface area (Å²) in [5, 5.41) is 7.18. The predicted molar refractivity (Wildman–Crippen MR) is 88.2 cm³/mol. The van der Waals surface area contributed by atoms with Gasteiger partial charge in [0.25, 0.3) is 0 Å². The van der Waals surface area contributed by atoms with Crippen LogP contribution in [0.25, 0.3) is 0 Å². The number of hydrogen-bond acceptors (Lipinski definition) is 2. The zero-order valence-corrected chi connectivity index (χ0v) is 13.6. The van der Waals surface area contributed by atoms with E-state index in [0.29, 0.717) is 0 Å². The van der Waals surface area contributed by atoms with Gasteiger partial charge in [0.15, 0.2) is 0 Å². The zero-order chi connectivity index (χ0) is 14.0. The average molecular weight is 329 g/mol. The van der Waals surface area contributed by atoms with Gasteiger partial charge in [-0.3, -0.25) is 4.79 Å². The van der Waals surface area contributed by atoms with E-state index in [9.17, 15) is 4.79 Å². The molecule has 3 nitrogen and oxygen atoms in total. The molecule has 0 bridgehead atoms. The standard InChI is InChI=1S/C16H21ClN2O.ClH/c17-14-4-2-13(3-5-14)16(7-1-8-16)11-19-15(20)12-6-9-18-10-12;/h2-5,12,18H,1,6-11H2,(H,19,20);1H. The Morgan fingerprint density at radius 2 is 2.05 bits per heavy atom. The summed E-state index contributed by atoms with van der Waals surface area (Å²) >= 11 is 5.96. The van der Waals surface area contributed by atoms with Crippen molar-refractivity contribution in [1.29, 1.82) is 0 Å². The van der Waals surface area contributed by atoms with Gasteiger partial charge in [0, 0.05) is 23.5 Å². The number of nitrogens with one attached hydrogen (secondary N) is 2. The van der Waals surface area contributed by atoms with Crippen LogP contribution in [0.1, 0.15) is 31.2 Å². The molecule has 116 valence electrons. The fourth-order valence-corrected chi connectivity index (χ4v) is 3.38. The molecule has 1 aromatic carbocycles. The molecular weight excluding hydrogens is 307 g/mol. The van der Waals surface area contributed by atoms with Gasteiger partial charge in [-0.1, -0.05) is 30.2 Å². The Morgan fingerprint density at radius 1 is 1.33 bits per heavy atom. The molecule has 1 aliphatic heterocycles. The second-order valence-corrected chi connectivity index (χ2v) is 6.48. The molecule has 1 aromatic rings. The van der Waals surface area contributed by atoms with Crippen molar-refractivity contribution in [3.63, 3.8) is 0 Å². The summed E-state index contributed by atoms with van der Waals surface area (Å²) in [5.41, 5.74) is 1.43. The molecule has 1 saturated heterocycles. The third kappa shape index (κ3) is 3.53. The molecule has 2 N–H and O–H groups in total. The van der Waals surface area contributed by atoms with Crippen molar-refractivity contribution in [1.82, 2.24) is 10.6 Å². The molecule has 1 unspecified atom stereocenters. The van der Waals surface area contributed by atoms with Gasteiger partial charge in [-0.2, -0.15) is 0 Å². The first-order valence-electron chi connectivity index (χ1n) is 7.44. The van der Waals surface area contributed by atoms with Crippen LogP contribution in [0.3, 0.4) is 0 Å². The topological polar surface area (TPSA) is 41.1 Å². The Labute approximate surface area is 137 Å². The van der Waals surface area contributed by atoms with Crippen LogP contribution in [-0.2, 0) is 10.2 Å². The summed E-state index contributed by atoms with van der Waals surface area (Å²) in [6.07, 6.45) is 4.50. The summed E-state index contributed by atoms with van der Waals surface area (Å²) in [4.78, 5) is 12.1. The Balaban J connectivity index is 0.00000161. The monoisotopic (exact) mass is 328 g/mol. The normalized spacial score (nSPS) is 23.0. The highest BCUT2D eigenvalue weighted by molar-refractivity contribution is 6.30. The molecule has 0 aromatic heterocycles. The second kappa shape index (κ2) is 6.99. The van der Waals surface area contributed by atoms with Gasteiger partial charge in [0.2, 0.25) is 5.91 Å². The highest BCUT2D eigenvalue weighted by Gasteiger charge is 2.39. The Kier molecular flexibility index (Phi) is 5.53. The lowest BCUT2D eigenvalue weighted by atomic mass is 9.64. The van der Waals surface area contributed by atoms with E-state index in [2.05, 4.69) is 22.8 Å². The molecule has 1 atom stereocenters. The van der Waals surface area contributed by atoms with E-state index in [1.165, 1.54) is 12.0 Å². The van der Waals surface area contributed by atoms with Crippen LogP contribution >= 0.6 is 24.0 Å². The maximum atomic E-state index is 12.1. The molecule has 0 spiro atoms. The van der Waals surface area contributed by atoms with Crippen molar-refractivity contribution in [2.45, 2.75) is 31.1 Å². The van der Waals surface area contributed by atoms with E-state index < -0.39 is 0 Å². The van der Waals surface area contributed by atoms with E-state index in [1.807, 2.05) is 12.1 Å². The molecule has 2 aliphatic rings. The van der Waals surface area contributed by atoms with Crippen LogP contribution in [0, 0.1) is 5.92 Å². The number of halogens is 2. The first-order chi connectivity index (χ1) is 9.70. The van der Waals surface area contributed by atoms with Crippen molar-refractivity contribution >= 4 is 29.9 Å². The second-order valence-electron chi connectivity index (χ2n) is 6.05. The van der Waals surface area contributed by atoms with Gasteiger partial charge >= 0.3 is 0 Å². The van der Waals surface area contributed by atoms with Gasteiger partial charge in [0.05, 0.1) is 5.92 Å². The van der Waals surface area contributed by atoms with Crippen LogP contribution < -0.4 is 10.6 Å². The molecule has 21 heavy (non-hydrogen) atoms. The fourth-order valence-electron chi connectivity index (χ4n) is 3.25. The molecule has 1 aliphatic carbocycles. The molecule has 1 amide bonds. The van der Waals surface area contributed by atoms with Crippen molar-refractivity contribution in [3.8, 4) is 0 Å². The lowest BCUT2D eigenvalue weighted by molar-refractivity contribution is -0.124. The Hall–Kier alpha value is -0.770. The van der Waals surface area contributed by atoms with Crippen LogP contribution in [0.5, 0.6) is 0 Å². The Bertz CT molecular complexity index is 480. The van der Waals surface area contributed by atoms with Crippen molar-refractivity contribution < 1.29 is 4.79 Å². The summed E-state index contributed by atoms with van der Waals surface area (Å²) in [6, 6.07) is 8.09. The first kappa shape index (κ1) is 16.6. The SMILES string of the molecule is Cl.O=C(NCC1(c2ccc(Cl)cc2)CCC1)C1CCNC1. The molecule has 5 heteroatoms. The van der Waals surface area contributed by atoms with Crippen LogP contribution in [0.2, 0.25) is 5.02 Å². The highest BCUT2D eigenvalue weighted by atomic mass is 35.5. The number of carbonyl (C=O) groups is 1. The van der Waals surface area contributed by atoms with Crippen molar-refractivity contribution in [2.75, 3.05) is 19.6 Å². The van der Waals surface area contributed by atoms with Gasteiger partial charge in [-0.15, -0.1) is 12.4 Å². The van der Waals surface area contributed by atoms with E-state index >= 15 is 0 Å². The maximum absolute atomic E-state index is 12.1. The van der Waals surface area contributed by atoms with E-state index in [-0.39, 0.29) is 29.6 Å². The molecule has 2 fully saturated rings. The van der Waals surface area contributed by atoms with Crippen molar-refractivity contribution in [2.24, 2.45) is 5.92 Å². The summed E-state index contributed by atoms with van der Waals surface area (Å²) < 4.78 is 0. The van der Waals surface area contributed by atoms with Crippen molar-refractivity contribution in [3.05, 3.63) is 34.9 Å². The minimum absolute atomic E-state index is 0. The maximum Gasteiger partial charge on any atom is 0.224 e. The van der Waals surface area contributed by atoms with Gasteiger partial charge < -0.3 is 10.6 Å². The number of amides is 1. The minimum atomic E-state index is 0. The van der Waals surface area contributed by atoms with E-state index in [0.717, 1.165) is 43.9 Å². The van der Waals surface area contributed by atoms with Gasteiger partial charge in [0.1, 0.15) is 0 Å².